The van der Waals surface area contributed by atoms with Crippen molar-refractivity contribution >= 4 is 0 Å². The normalized spacial score (nSPS) is 10.6. The lowest BCUT2D eigenvalue weighted by molar-refractivity contribution is 0.378. The molecule has 0 unspecified atom stereocenters. The van der Waals surface area contributed by atoms with Gasteiger partial charge in [0.25, 0.3) is 0 Å². The molecule has 0 spiro atoms. The van der Waals surface area contributed by atoms with Crippen LogP contribution in [0, 0.1) is 0 Å². The molecule has 4 aromatic rings. The molecule has 4 rings (SSSR count). The summed E-state index contributed by atoms with van der Waals surface area (Å²) in [4.78, 5) is 0. The van der Waals surface area contributed by atoms with Gasteiger partial charge in [-0.25, -0.2) is 0 Å². The number of benzene rings is 4. The number of rotatable bonds is 11. The predicted octanol–water partition coefficient (Wildman–Crippen LogP) is 7.08. The van der Waals surface area contributed by atoms with E-state index in [2.05, 4.69) is 48.5 Å². The Balaban J connectivity index is 1.42. The van der Waals surface area contributed by atoms with Crippen LogP contribution in [0.3, 0.4) is 0 Å². The first-order valence-electron chi connectivity index (χ1n) is 11.9. The van der Waals surface area contributed by atoms with Crippen LogP contribution in [0.4, 0.5) is 0 Å². The Kier molecular flexibility index (Phi) is 8.29. The van der Waals surface area contributed by atoms with Crippen LogP contribution in [0.15, 0.2) is 91.0 Å². The molecule has 0 bridgehead atoms. The summed E-state index contributed by atoms with van der Waals surface area (Å²) >= 11 is 0. The first kappa shape index (κ1) is 24.2. The van der Waals surface area contributed by atoms with Gasteiger partial charge in [-0.15, -0.1) is 0 Å². The molecule has 4 nitrogen and oxygen atoms in total. The molecular formula is C31H32O4. The molecule has 0 radical (unpaired) electrons. The standard InChI is InChI=1S/C31H32O4/c1-32-27-17-14-23(15-18-27)10-11-26-16-19-30(34-3)31(22-26)35-29-9-5-7-25(21-29)13-12-24-6-4-8-28(20-24)33-2/h4-9,14-22H,10-13H2,1-3H3. The molecule has 0 heterocycles. The number of methoxy groups -OCH3 is 3. The SMILES string of the molecule is COc1ccc(CCc2ccc(OC)c(Oc3cccc(CCc4cccc(OC)c4)c3)c2)cc1. The lowest BCUT2D eigenvalue weighted by Crippen LogP contribution is -1.96. The van der Waals surface area contributed by atoms with Gasteiger partial charge in [-0.05, 0) is 96.5 Å². The third-order valence-corrected chi connectivity index (χ3v) is 6.05. The molecule has 0 aliphatic carbocycles. The molecule has 0 aliphatic heterocycles. The maximum absolute atomic E-state index is 6.29. The number of hydrogen-bond donors (Lipinski definition) is 0. The van der Waals surface area contributed by atoms with Gasteiger partial charge in [0, 0.05) is 0 Å². The van der Waals surface area contributed by atoms with Crippen molar-refractivity contribution in [3.05, 3.63) is 113 Å². The maximum Gasteiger partial charge on any atom is 0.169 e. The van der Waals surface area contributed by atoms with Crippen LogP contribution in [0.1, 0.15) is 22.3 Å². The smallest absolute Gasteiger partial charge is 0.169 e. The highest BCUT2D eigenvalue weighted by Gasteiger charge is 2.09. The number of aryl methyl sites for hydroxylation is 4. The van der Waals surface area contributed by atoms with Gasteiger partial charge in [0.2, 0.25) is 0 Å². The summed E-state index contributed by atoms with van der Waals surface area (Å²) in [6.45, 7) is 0. The van der Waals surface area contributed by atoms with Crippen molar-refractivity contribution in [2.24, 2.45) is 0 Å². The van der Waals surface area contributed by atoms with Crippen molar-refractivity contribution in [1.29, 1.82) is 0 Å². The topological polar surface area (TPSA) is 36.9 Å². The molecular weight excluding hydrogens is 436 g/mol. The molecule has 0 fully saturated rings. The Morgan fingerprint density at radius 2 is 0.971 bits per heavy atom. The fourth-order valence-electron chi connectivity index (χ4n) is 4.05. The van der Waals surface area contributed by atoms with Gasteiger partial charge < -0.3 is 18.9 Å². The second-order valence-corrected chi connectivity index (χ2v) is 8.43. The minimum absolute atomic E-state index is 0.722. The molecule has 4 aromatic carbocycles. The van der Waals surface area contributed by atoms with Crippen LogP contribution in [0.2, 0.25) is 0 Å². The van der Waals surface area contributed by atoms with Crippen molar-refractivity contribution in [3.8, 4) is 28.7 Å². The summed E-state index contributed by atoms with van der Waals surface area (Å²) in [5.41, 5.74) is 4.94. The first-order valence-corrected chi connectivity index (χ1v) is 11.9. The van der Waals surface area contributed by atoms with Crippen LogP contribution < -0.4 is 18.9 Å². The van der Waals surface area contributed by atoms with Crippen LogP contribution >= 0.6 is 0 Å². The summed E-state index contributed by atoms with van der Waals surface area (Å²) in [5.74, 6) is 4.02. The molecule has 0 saturated heterocycles. The Morgan fingerprint density at radius 1 is 0.429 bits per heavy atom. The van der Waals surface area contributed by atoms with Crippen molar-refractivity contribution < 1.29 is 18.9 Å². The predicted molar refractivity (Wildman–Crippen MR) is 140 cm³/mol. The first-order chi connectivity index (χ1) is 17.2. The van der Waals surface area contributed by atoms with Gasteiger partial charge in [-0.2, -0.15) is 0 Å². The van der Waals surface area contributed by atoms with Gasteiger partial charge in [0.15, 0.2) is 11.5 Å². The average Bonchev–Trinajstić information content (AvgIpc) is 2.91. The zero-order chi connectivity index (χ0) is 24.5. The van der Waals surface area contributed by atoms with Crippen molar-refractivity contribution in [2.45, 2.75) is 25.7 Å². The van der Waals surface area contributed by atoms with E-state index >= 15 is 0 Å². The lowest BCUT2D eigenvalue weighted by atomic mass is 10.0. The molecule has 0 aromatic heterocycles. The molecule has 35 heavy (non-hydrogen) atoms. The van der Waals surface area contributed by atoms with E-state index < -0.39 is 0 Å². The monoisotopic (exact) mass is 468 g/mol. The minimum Gasteiger partial charge on any atom is -0.497 e. The van der Waals surface area contributed by atoms with Crippen LogP contribution in [0.25, 0.3) is 0 Å². The quantitative estimate of drug-likeness (QED) is 0.236. The second kappa shape index (κ2) is 12.0. The largest absolute Gasteiger partial charge is 0.497 e. The zero-order valence-electron chi connectivity index (χ0n) is 20.6. The van der Waals surface area contributed by atoms with Crippen molar-refractivity contribution in [1.82, 2.24) is 0 Å². The highest BCUT2D eigenvalue weighted by molar-refractivity contribution is 5.46. The molecule has 0 amide bonds. The third-order valence-electron chi connectivity index (χ3n) is 6.05. The van der Waals surface area contributed by atoms with Crippen LogP contribution in [0.5, 0.6) is 28.7 Å². The number of hydrogen-bond acceptors (Lipinski definition) is 4. The Hall–Kier alpha value is -3.92. The summed E-state index contributed by atoms with van der Waals surface area (Å²) in [7, 11) is 5.05. The van der Waals surface area contributed by atoms with Gasteiger partial charge in [0.1, 0.15) is 17.2 Å². The Morgan fingerprint density at radius 3 is 1.60 bits per heavy atom. The van der Waals surface area contributed by atoms with E-state index in [1.807, 2.05) is 42.5 Å². The van der Waals surface area contributed by atoms with Gasteiger partial charge in [-0.1, -0.05) is 42.5 Å². The van der Waals surface area contributed by atoms with E-state index in [9.17, 15) is 0 Å². The van der Waals surface area contributed by atoms with Crippen LogP contribution in [-0.2, 0) is 25.7 Å². The van der Waals surface area contributed by atoms with E-state index in [0.29, 0.717) is 0 Å². The van der Waals surface area contributed by atoms with Crippen molar-refractivity contribution in [3.63, 3.8) is 0 Å². The lowest BCUT2D eigenvalue weighted by Gasteiger charge is -2.13. The second-order valence-electron chi connectivity index (χ2n) is 8.43. The maximum atomic E-state index is 6.29. The molecule has 4 heteroatoms. The zero-order valence-corrected chi connectivity index (χ0v) is 20.6. The van der Waals surface area contributed by atoms with E-state index in [4.69, 9.17) is 18.9 Å². The fraction of sp³-hybridized carbons (Fsp3) is 0.226. The van der Waals surface area contributed by atoms with E-state index in [-0.39, 0.29) is 0 Å². The molecule has 0 aliphatic rings. The average molecular weight is 469 g/mol. The van der Waals surface area contributed by atoms with Crippen LogP contribution in [-0.4, -0.2) is 21.3 Å². The number of ether oxygens (including phenoxy) is 4. The van der Waals surface area contributed by atoms with E-state index in [1.165, 1.54) is 22.3 Å². The summed E-state index contributed by atoms with van der Waals surface area (Å²) in [5, 5.41) is 0. The van der Waals surface area contributed by atoms with Gasteiger partial charge in [-0.3, -0.25) is 0 Å². The molecule has 180 valence electrons. The molecule has 0 atom stereocenters. The van der Waals surface area contributed by atoms with Crippen molar-refractivity contribution in [2.75, 3.05) is 21.3 Å². The highest BCUT2D eigenvalue weighted by Crippen LogP contribution is 2.33. The van der Waals surface area contributed by atoms with E-state index in [0.717, 1.165) is 54.4 Å². The third kappa shape index (κ3) is 6.80. The van der Waals surface area contributed by atoms with Gasteiger partial charge in [0.05, 0.1) is 21.3 Å². The highest BCUT2D eigenvalue weighted by atomic mass is 16.5. The van der Waals surface area contributed by atoms with Gasteiger partial charge >= 0.3 is 0 Å². The molecule has 0 N–H and O–H groups in total. The summed E-state index contributed by atoms with van der Waals surface area (Å²) in [6.07, 6.45) is 3.71. The summed E-state index contributed by atoms with van der Waals surface area (Å²) < 4.78 is 22.4. The summed E-state index contributed by atoms with van der Waals surface area (Å²) in [6, 6.07) is 30.8. The van der Waals surface area contributed by atoms with E-state index in [1.54, 1.807) is 21.3 Å². The molecule has 0 saturated carbocycles. The Labute approximate surface area is 208 Å². The Bertz CT molecular complexity index is 1230. The fourth-order valence-corrected chi connectivity index (χ4v) is 4.05. The minimum atomic E-state index is 0.722.